The van der Waals surface area contributed by atoms with Crippen molar-refractivity contribution in [2.45, 2.75) is 9.79 Å². The minimum absolute atomic E-state index is 0.464. The number of carbonyl (C=O) groups excluding carboxylic acids is 1. The van der Waals surface area contributed by atoms with Crippen LogP contribution in [0, 0.1) is 0 Å². The van der Waals surface area contributed by atoms with Crippen molar-refractivity contribution in [3.05, 3.63) is 48.0 Å². The van der Waals surface area contributed by atoms with Crippen LogP contribution < -0.4 is 9.47 Å². The van der Waals surface area contributed by atoms with Gasteiger partial charge in [0.05, 0.1) is 14.2 Å². The zero-order valence-corrected chi connectivity index (χ0v) is 12.6. The Morgan fingerprint density at radius 1 is 1.05 bits per heavy atom. The molecule has 104 valence electrons. The van der Waals surface area contributed by atoms with E-state index in [1.54, 1.807) is 26.4 Å². The van der Waals surface area contributed by atoms with E-state index >= 15 is 0 Å². The third-order valence-electron chi connectivity index (χ3n) is 2.68. The summed E-state index contributed by atoms with van der Waals surface area (Å²) < 4.78 is 10.5. The predicted octanol–water partition coefficient (Wildman–Crippen LogP) is 4.23. The lowest BCUT2D eigenvalue weighted by Gasteiger charge is -2.10. The van der Waals surface area contributed by atoms with Gasteiger partial charge in [-0.25, -0.2) is 0 Å². The van der Waals surface area contributed by atoms with Gasteiger partial charge in [0.1, 0.15) is 0 Å². The SMILES string of the molecule is COc1ccc(Sc2ccccc2C(=O)Cl)cc1OC. The van der Waals surface area contributed by atoms with E-state index in [0.717, 1.165) is 9.79 Å². The first-order chi connectivity index (χ1) is 9.65. The molecule has 20 heavy (non-hydrogen) atoms. The summed E-state index contributed by atoms with van der Waals surface area (Å²) in [7, 11) is 3.18. The number of hydrogen-bond acceptors (Lipinski definition) is 4. The molecule has 5 heteroatoms. The third kappa shape index (κ3) is 3.26. The Balaban J connectivity index is 2.33. The molecule has 2 aromatic carbocycles. The molecule has 0 aliphatic carbocycles. The molecule has 0 spiro atoms. The van der Waals surface area contributed by atoms with Crippen molar-refractivity contribution in [3.8, 4) is 11.5 Å². The summed E-state index contributed by atoms with van der Waals surface area (Å²) in [4.78, 5) is 13.1. The molecular formula is C15H13ClO3S. The highest BCUT2D eigenvalue weighted by Gasteiger charge is 2.11. The fourth-order valence-corrected chi connectivity index (χ4v) is 2.92. The second kappa shape index (κ2) is 6.68. The minimum Gasteiger partial charge on any atom is -0.493 e. The van der Waals surface area contributed by atoms with Gasteiger partial charge in [-0.15, -0.1) is 0 Å². The van der Waals surface area contributed by atoms with Crippen LogP contribution in [0.5, 0.6) is 11.5 Å². The van der Waals surface area contributed by atoms with Crippen LogP contribution in [0.15, 0.2) is 52.3 Å². The molecule has 2 rings (SSSR count). The zero-order valence-electron chi connectivity index (χ0n) is 11.1. The zero-order chi connectivity index (χ0) is 14.5. The van der Waals surface area contributed by atoms with Crippen LogP contribution in [0.3, 0.4) is 0 Å². The first kappa shape index (κ1) is 14.8. The van der Waals surface area contributed by atoms with E-state index in [2.05, 4.69) is 0 Å². The first-order valence-corrected chi connectivity index (χ1v) is 7.04. The van der Waals surface area contributed by atoms with Gasteiger partial charge in [-0.05, 0) is 41.9 Å². The summed E-state index contributed by atoms with van der Waals surface area (Å²) >= 11 is 7.03. The van der Waals surface area contributed by atoms with Crippen molar-refractivity contribution < 1.29 is 14.3 Å². The molecule has 3 nitrogen and oxygen atoms in total. The van der Waals surface area contributed by atoms with E-state index in [4.69, 9.17) is 21.1 Å². The van der Waals surface area contributed by atoms with Gasteiger partial charge in [-0.3, -0.25) is 4.79 Å². The van der Waals surface area contributed by atoms with E-state index in [0.29, 0.717) is 17.1 Å². The maximum absolute atomic E-state index is 11.4. The van der Waals surface area contributed by atoms with Crippen molar-refractivity contribution in [3.63, 3.8) is 0 Å². The van der Waals surface area contributed by atoms with Gasteiger partial charge in [-0.2, -0.15) is 0 Å². The second-order valence-corrected chi connectivity index (χ2v) is 5.35. The van der Waals surface area contributed by atoms with Gasteiger partial charge in [-0.1, -0.05) is 23.9 Å². The van der Waals surface area contributed by atoms with Gasteiger partial charge >= 0.3 is 0 Å². The van der Waals surface area contributed by atoms with E-state index < -0.39 is 5.24 Å². The molecule has 2 aromatic rings. The number of carbonyl (C=O) groups is 1. The van der Waals surface area contributed by atoms with Gasteiger partial charge in [0.2, 0.25) is 0 Å². The Kier molecular flexibility index (Phi) is 4.93. The lowest BCUT2D eigenvalue weighted by atomic mass is 10.2. The predicted molar refractivity (Wildman–Crippen MR) is 80.3 cm³/mol. The minimum atomic E-state index is -0.464. The average molecular weight is 309 g/mol. The van der Waals surface area contributed by atoms with Crippen molar-refractivity contribution >= 4 is 28.6 Å². The maximum atomic E-state index is 11.4. The number of halogens is 1. The molecule has 0 heterocycles. The molecule has 0 bridgehead atoms. The van der Waals surface area contributed by atoms with Crippen molar-refractivity contribution in [1.29, 1.82) is 0 Å². The number of hydrogen-bond donors (Lipinski definition) is 0. The molecule has 0 saturated carbocycles. The molecule has 0 unspecified atom stereocenters. The summed E-state index contributed by atoms with van der Waals surface area (Å²) in [5.74, 6) is 1.31. The molecule has 0 aliphatic heterocycles. The molecule has 0 N–H and O–H groups in total. The number of benzene rings is 2. The molecule has 0 atom stereocenters. The number of methoxy groups -OCH3 is 2. The van der Waals surface area contributed by atoms with Crippen LogP contribution in [0.1, 0.15) is 10.4 Å². The Labute approximate surface area is 126 Å². The van der Waals surface area contributed by atoms with Crippen LogP contribution in [0.4, 0.5) is 0 Å². The summed E-state index contributed by atoms with van der Waals surface area (Å²) in [6, 6.07) is 12.8. The van der Waals surface area contributed by atoms with Crippen molar-refractivity contribution in [2.24, 2.45) is 0 Å². The third-order valence-corrected chi connectivity index (χ3v) is 3.95. The normalized spacial score (nSPS) is 10.2. The average Bonchev–Trinajstić information content (AvgIpc) is 2.47. The Bertz CT molecular complexity index is 628. The van der Waals surface area contributed by atoms with E-state index in [9.17, 15) is 4.79 Å². The van der Waals surface area contributed by atoms with Crippen LogP contribution in [-0.4, -0.2) is 19.5 Å². The molecule has 0 amide bonds. The molecule has 0 radical (unpaired) electrons. The summed E-state index contributed by atoms with van der Waals surface area (Å²) in [5.41, 5.74) is 0.494. The highest BCUT2D eigenvalue weighted by Crippen LogP contribution is 2.36. The van der Waals surface area contributed by atoms with Gasteiger partial charge < -0.3 is 9.47 Å². The standard InChI is InChI=1S/C15H13ClO3S/c1-18-12-8-7-10(9-13(12)19-2)20-14-6-4-3-5-11(14)15(16)17/h3-9H,1-2H3. The summed E-state index contributed by atoms with van der Waals surface area (Å²) in [6.45, 7) is 0. The highest BCUT2D eigenvalue weighted by molar-refractivity contribution is 7.99. The topological polar surface area (TPSA) is 35.5 Å². The fraction of sp³-hybridized carbons (Fsp3) is 0.133. The van der Waals surface area contributed by atoms with Gasteiger partial charge in [0.25, 0.3) is 5.24 Å². The number of ether oxygens (including phenoxy) is 2. The molecule has 0 aromatic heterocycles. The second-order valence-electron chi connectivity index (χ2n) is 3.89. The van der Waals surface area contributed by atoms with Crippen LogP contribution in [0.2, 0.25) is 0 Å². The van der Waals surface area contributed by atoms with Crippen LogP contribution >= 0.6 is 23.4 Å². The smallest absolute Gasteiger partial charge is 0.253 e. The van der Waals surface area contributed by atoms with E-state index in [1.807, 2.05) is 30.3 Å². The quantitative estimate of drug-likeness (QED) is 0.774. The largest absolute Gasteiger partial charge is 0.493 e. The van der Waals surface area contributed by atoms with E-state index in [1.165, 1.54) is 11.8 Å². The Morgan fingerprint density at radius 3 is 2.40 bits per heavy atom. The van der Waals surface area contributed by atoms with Crippen LogP contribution in [-0.2, 0) is 0 Å². The monoisotopic (exact) mass is 308 g/mol. The van der Waals surface area contributed by atoms with Crippen molar-refractivity contribution in [2.75, 3.05) is 14.2 Å². The lowest BCUT2D eigenvalue weighted by molar-refractivity contribution is 0.107. The fourth-order valence-electron chi connectivity index (χ4n) is 1.73. The molecule has 0 aliphatic rings. The van der Waals surface area contributed by atoms with Crippen molar-refractivity contribution in [1.82, 2.24) is 0 Å². The number of rotatable bonds is 5. The van der Waals surface area contributed by atoms with E-state index in [-0.39, 0.29) is 0 Å². The lowest BCUT2D eigenvalue weighted by Crippen LogP contribution is -1.92. The van der Waals surface area contributed by atoms with Crippen LogP contribution in [0.25, 0.3) is 0 Å². The molecule has 0 saturated heterocycles. The molecular weight excluding hydrogens is 296 g/mol. The first-order valence-electron chi connectivity index (χ1n) is 5.84. The Morgan fingerprint density at radius 2 is 1.75 bits per heavy atom. The summed E-state index contributed by atoms with van der Waals surface area (Å²) in [5, 5.41) is -0.464. The van der Waals surface area contributed by atoms with Gasteiger partial charge in [0.15, 0.2) is 11.5 Å². The Hall–Kier alpha value is -1.65. The maximum Gasteiger partial charge on any atom is 0.253 e. The summed E-state index contributed by atoms with van der Waals surface area (Å²) in [6.07, 6.45) is 0. The highest BCUT2D eigenvalue weighted by atomic mass is 35.5. The molecule has 0 fully saturated rings. The van der Waals surface area contributed by atoms with Gasteiger partial charge in [0, 0.05) is 15.4 Å².